The molecular weight excluding hydrogens is 420 g/mol. The van der Waals surface area contributed by atoms with E-state index >= 15 is 0 Å². The quantitative estimate of drug-likeness (QED) is 0.497. The molecule has 0 aliphatic carbocycles. The second-order valence-electron chi connectivity index (χ2n) is 7.54. The number of nitrogens with zero attached hydrogens (tertiary/aromatic N) is 1. The van der Waals surface area contributed by atoms with Crippen LogP contribution in [0.2, 0.25) is 0 Å². The Kier molecular flexibility index (Phi) is 9.21. The Balaban J connectivity index is 1.51. The molecule has 1 aliphatic heterocycles. The Bertz CT molecular complexity index is 1010. The summed E-state index contributed by atoms with van der Waals surface area (Å²) in [6.07, 6.45) is 3.75. The molecule has 1 atom stereocenters. The maximum atomic E-state index is 12.2. The monoisotopic (exact) mass is 448 g/mol. The number of ether oxygens (including phenoxy) is 2. The minimum Gasteiger partial charge on any atom is -0.467 e. The van der Waals surface area contributed by atoms with Crippen LogP contribution >= 0.6 is 0 Å². The minimum absolute atomic E-state index is 0.357. The van der Waals surface area contributed by atoms with Crippen molar-refractivity contribution < 1.29 is 24.2 Å². The van der Waals surface area contributed by atoms with Gasteiger partial charge < -0.3 is 19.9 Å². The first-order chi connectivity index (χ1) is 16.1. The van der Waals surface area contributed by atoms with E-state index in [2.05, 4.69) is 51.1 Å². The summed E-state index contributed by atoms with van der Waals surface area (Å²) in [5, 5.41) is 11.6. The highest BCUT2D eigenvalue weighted by Crippen LogP contribution is 2.10. The molecule has 0 spiro atoms. The zero-order chi connectivity index (χ0) is 23.5. The van der Waals surface area contributed by atoms with Crippen LogP contribution < -0.4 is 5.32 Å². The average Bonchev–Trinajstić information content (AvgIpc) is 2.86. The van der Waals surface area contributed by atoms with Crippen LogP contribution in [-0.2, 0) is 20.8 Å². The summed E-state index contributed by atoms with van der Waals surface area (Å²) in [6.45, 7) is 3.94. The number of nitrogens with one attached hydrogen (secondary N) is 1. The largest absolute Gasteiger partial charge is 0.467 e. The van der Waals surface area contributed by atoms with Crippen LogP contribution in [0.3, 0.4) is 0 Å². The molecule has 1 amide bonds. The number of morpholine rings is 1. The van der Waals surface area contributed by atoms with Crippen molar-refractivity contribution >= 4 is 18.0 Å². The average molecular weight is 449 g/mol. The van der Waals surface area contributed by atoms with Crippen molar-refractivity contribution in [3.63, 3.8) is 0 Å². The number of amides is 1. The van der Waals surface area contributed by atoms with Crippen LogP contribution in [0.5, 0.6) is 0 Å². The number of methoxy groups -OCH3 is 1. The maximum Gasteiger partial charge on any atom is 0.330 e. The first-order valence-electron chi connectivity index (χ1n) is 10.8. The van der Waals surface area contributed by atoms with E-state index in [1.54, 1.807) is 30.3 Å². The van der Waals surface area contributed by atoms with E-state index in [9.17, 15) is 14.7 Å². The van der Waals surface area contributed by atoms with E-state index in [1.165, 1.54) is 12.7 Å². The van der Waals surface area contributed by atoms with E-state index in [4.69, 9.17) is 4.74 Å². The number of carbonyl (C=O) groups excluding carboxylic acids is 2. The zero-order valence-corrected chi connectivity index (χ0v) is 18.6. The highest BCUT2D eigenvalue weighted by molar-refractivity contribution is 5.96. The molecule has 0 saturated carbocycles. The van der Waals surface area contributed by atoms with E-state index < -0.39 is 24.5 Å². The number of carbonyl (C=O) groups is 2. The van der Waals surface area contributed by atoms with Crippen molar-refractivity contribution in [2.45, 2.75) is 12.6 Å². The third-order valence-corrected chi connectivity index (χ3v) is 5.19. The standard InChI is InChI=1S/C26H28N2O5/c1-32-26(31)24(19-29)27-25(30)23-12-10-21(11-13-23)5-3-2-4-20-6-8-22(9-7-20)18-28-14-16-33-17-15-28/h2,4,6-13,24,29H,14-19H2,1H3,(H,27,30)/t24-/m0/s1. The lowest BCUT2D eigenvalue weighted by molar-refractivity contribution is -0.143. The Morgan fingerprint density at radius 2 is 1.85 bits per heavy atom. The highest BCUT2D eigenvalue weighted by Gasteiger charge is 2.21. The van der Waals surface area contributed by atoms with Crippen molar-refractivity contribution in [2.75, 3.05) is 40.0 Å². The van der Waals surface area contributed by atoms with E-state index in [-0.39, 0.29) is 0 Å². The number of allylic oxidation sites excluding steroid dienone is 1. The smallest absolute Gasteiger partial charge is 0.330 e. The van der Waals surface area contributed by atoms with Crippen LogP contribution in [0, 0.1) is 11.8 Å². The molecular formula is C26H28N2O5. The summed E-state index contributed by atoms with van der Waals surface area (Å²) in [4.78, 5) is 26.1. The SMILES string of the molecule is COC(=O)[C@H](CO)NC(=O)c1ccc(C#CC=Cc2ccc(CN3CCOCC3)cc2)cc1. The van der Waals surface area contributed by atoms with Gasteiger partial charge in [0, 0.05) is 30.8 Å². The second kappa shape index (κ2) is 12.6. The van der Waals surface area contributed by atoms with Gasteiger partial charge in [0.25, 0.3) is 5.91 Å². The number of hydrogen-bond donors (Lipinski definition) is 2. The molecule has 0 aromatic heterocycles. The fourth-order valence-electron chi connectivity index (χ4n) is 3.28. The van der Waals surface area contributed by atoms with Crippen LogP contribution in [0.1, 0.15) is 27.0 Å². The van der Waals surface area contributed by atoms with Gasteiger partial charge in [0.1, 0.15) is 0 Å². The van der Waals surface area contributed by atoms with Gasteiger partial charge in [-0.05, 0) is 47.5 Å². The number of rotatable bonds is 7. The number of aliphatic hydroxyl groups is 1. The van der Waals surface area contributed by atoms with E-state index in [0.717, 1.165) is 44.0 Å². The first kappa shape index (κ1) is 24.2. The van der Waals surface area contributed by atoms with Gasteiger partial charge >= 0.3 is 5.97 Å². The summed E-state index contributed by atoms with van der Waals surface area (Å²) in [5.74, 6) is 4.84. The Hall–Kier alpha value is -3.44. The van der Waals surface area contributed by atoms with E-state index in [1.807, 2.05) is 6.08 Å². The molecule has 2 aromatic rings. The van der Waals surface area contributed by atoms with E-state index in [0.29, 0.717) is 5.56 Å². The Morgan fingerprint density at radius 3 is 2.48 bits per heavy atom. The first-order valence-corrected chi connectivity index (χ1v) is 10.8. The molecule has 2 N–H and O–H groups in total. The minimum atomic E-state index is -1.10. The lowest BCUT2D eigenvalue weighted by Gasteiger charge is -2.26. The highest BCUT2D eigenvalue weighted by atomic mass is 16.5. The van der Waals surface area contributed by atoms with Gasteiger partial charge in [-0.3, -0.25) is 9.69 Å². The number of aliphatic hydroxyl groups excluding tert-OH is 1. The number of benzene rings is 2. The van der Waals surface area contributed by atoms with Crippen molar-refractivity contribution in [1.82, 2.24) is 10.2 Å². The summed E-state index contributed by atoms with van der Waals surface area (Å²) in [7, 11) is 1.20. The van der Waals surface area contributed by atoms with Gasteiger partial charge in [-0.25, -0.2) is 4.79 Å². The van der Waals surface area contributed by atoms with Crippen LogP contribution in [0.4, 0.5) is 0 Å². The van der Waals surface area contributed by atoms with Crippen molar-refractivity contribution in [1.29, 1.82) is 0 Å². The Labute approximate surface area is 194 Å². The predicted octanol–water partition coefficient (Wildman–Crippen LogP) is 1.85. The van der Waals surface area contributed by atoms with Crippen LogP contribution in [-0.4, -0.2) is 67.9 Å². The summed E-state index contributed by atoms with van der Waals surface area (Å²) < 4.78 is 9.92. The molecule has 7 nitrogen and oxygen atoms in total. The molecule has 33 heavy (non-hydrogen) atoms. The van der Waals surface area contributed by atoms with Crippen molar-refractivity contribution in [3.8, 4) is 11.8 Å². The van der Waals surface area contributed by atoms with Gasteiger partial charge in [-0.1, -0.05) is 36.1 Å². The van der Waals surface area contributed by atoms with Crippen LogP contribution in [0.15, 0.2) is 54.6 Å². The van der Waals surface area contributed by atoms with Gasteiger partial charge in [-0.2, -0.15) is 0 Å². The topological polar surface area (TPSA) is 88.1 Å². The van der Waals surface area contributed by atoms with Gasteiger partial charge in [0.15, 0.2) is 6.04 Å². The molecule has 1 fully saturated rings. The molecule has 1 heterocycles. The second-order valence-corrected chi connectivity index (χ2v) is 7.54. The number of esters is 1. The molecule has 2 aromatic carbocycles. The lowest BCUT2D eigenvalue weighted by Crippen LogP contribution is -2.44. The summed E-state index contributed by atoms with van der Waals surface area (Å²) in [6, 6.07) is 14.0. The van der Waals surface area contributed by atoms with Crippen molar-refractivity contribution in [3.05, 3.63) is 76.9 Å². The molecule has 7 heteroatoms. The zero-order valence-electron chi connectivity index (χ0n) is 18.6. The third kappa shape index (κ3) is 7.58. The maximum absolute atomic E-state index is 12.2. The van der Waals surface area contributed by atoms with Gasteiger partial charge in [0.05, 0.1) is 26.9 Å². The van der Waals surface area contributed by atoms with Crippen molar-refractivity contribution in [2.24, 2.45) is 0 Å². The normalized spacial score (nSPS) is 14.8. The molecule has 1 saturated heterocycles. The molecule has 1 aliphatic rings. The predicted molar refractivity (Wildman–Crippen MR) is 125 cm³/mol. The lowest BCUT2D eigenvalue weighted by atomic mass is 10.1. The Morgan fingerprint density at radius 1 is 1.15 bits per heavy atom. The fraction of sp³-hybridized carbons (Fsp3) is 0.308. The molecule has 172 valence electrons. The fourth-order valence-corrected chi connectivity index (χ4v) is 3.28. The third-order valence-electron chi connectivity index (χ3n) is 5.19. The molecule has 0 radical (unpaired) electrons. The number of hydrogen-bond acceptors (Lipinski definition) is 6. The molecule has 0 bridgehead atoms. The van der Waals surface area contributed by atoms with Crippen LogP contribution in [0.25, 0.3) is 6.08 Å². The summed E-state index contributed by atoms with van der Waals surface area (Å²) in [5.41, 5.74) is 3.46. The molecule has 0 unspecified atom stereocenters. The molecule has 3 rings (SSSR count). The van der Waals surface area contributed by atoms with Gasteiger partial charge in [-0.15, -0.1) is 0 Å². The van der Waals surface area contributed by atoms with Gasteiger partial charge in [0.2, 0.25) is 0 Å². The summed E-state index contributed by atoms with van der Waals surface area (Å²) >= 11 is 0.